The number of rotatable bonds is 8. The highest BCUT2D eigenvalue weighted by Gasteiger charge is 2.40. The van der Waals surface area contributed by atoms with Gasteiger partial charge in [0.25, 0.3) is 6.04 Å². The number of benzene rings is 2. The van der Waals surface area contributed by atoms with E-state index < -0.39 is 35.1 Å². The van der Waals surface area contributed by atoms with Crippen LogP contribution in [0.15, 0.2) is 54.6 Å². The van der Waals surface area contributed by atoms with Gasteiger partial charge in [-0.05, 0) is 30.5 Å². The average Bonchev–Trinajstić information content (AvgIpc) is 2.77. The lowest BCUT2D eigenvalue weighted by atomic mass is 9.84. The van der Waals surface area contributed by atoms with Crippen molar-refractivity contribution in [1.82, 2.24) is 4.90 Å². The van der Waals surface area contributed by atoms with Gasteiger partial charge in [-0.25, -0.2) is 4.39 Å². The van der Waals surface area contributed by atoms with Gasteiger partial charge in [-0.15, -0.1) is 0 Å². The van der Waals surface area contributed by atoms with E-state index in [0.717, 1.165) is 5.56 Å². The van der Waals surface area contributed by atoms with Gasteiger partial charge in [0.2, 0.25) is 5.78 Å². The number of likely N-dealkylation sites (tertiary alicyclic amines) is 1. The van der Waals surface area contributed by atoms with Crippen LogP contribution in [-0.4, -0.2) is 53.2 Å². The third-order valence-electron chi connectivity index (χ3n) is 5.68. The maximum Gasteiger partial charge on any atom is 0.278 e. The Bertz CT molecular complexity index is 867. The van der Waals surface area contributed by atoms with Crippen LogP contribution in [0.5, 0.6) is 5.75 Å². The minimum atomic E-state index is -1.65. The number of nitrogens with zero attached hydrogens (tertiary/aromatic N) is 2. The first-order valence-electron chi connectivity index (χ1n) is 9.82. The molecule has 0 spiro atoms. The lowest BCUT2D eigenvalue weighted by Crippen LogP contribution is -2.47. The second kappa shape index (κ2) is 9.32. The summed E-state index contributed by atoms with van der Waals surface area (Å²) in [5.41, 5.74) is -0.176. The van der Waals surface area contributed by atoms with Crippen LogP contribution in [0.3, 0.4) is 0 Å². The van der Waals surface area contributed by atoms with Crippen LogP contribution in [0.25, 0.3) is 0 Å². The number of methoxy groups -OCH3 is 1. The molecule has 0 aromatic heterocycles. The Balaban J connectivity index is 1.62. The summed E-state index contributed by atoms with van der Waals surface area (Å²) in [6.07, 6.45) is -1.60. The van der Waals surface area contributed by atoms with Crippen molar-refractivity contribution in [3.05, 3.63) is 75.8 Å². The molecule has 2 aromatic carbocycles. The van der Waals surface area contributed by atoms with Crippen molar-refractivity contribution in [2.24, 2.45) is 0 Å². The summed E-state index contributed by atoms with van der Waals surface area (Å²) < 4.78 is 20.0. The minimum absolute atomic E-state index is 0.193. The maximum absolute atomic E-state index is 14.9. The quantitative estimate of drug-likeness (QED) is 0.307. The van der Waals surface area contributed by atoms with Crippen molar-refractivity contribution in [2.45, 2.75) is 37.2 Å². The fraction of sp³-hybridized carbons (Fsp3) is 0.409. The van der Waals surface area contributed by atoms with Crippen molar-refractivity contribution in [2.75, 3.05) is 20.2 Å². The van der Waals surface area contributed by atoms with Gasteiger partial charge in [-0.3, -0.25) is 19.8 Å². The third-order valence-corrected chi connectivity index (χ3v) is 5.68. The van der Waals surface area contributed by atoms with E-state index in [1.165, 1.54) is 17.0 Å². The smallest absolute Gasteiger partial charge is 0.278 e. The molecular formula is C22H25FN2O5. The van der Waals surface area contributed by atoms with E-state index in [0.29, 0.717) is 5.75 Å². The van der Waals surface area contributed by atoms with Gasteiger partial charge in [0.1, 0.15) is 5.75 Å². The van der Waals surface area contributed by atoms with Gasteiger partial charge in [0.05, 0.1) is 19.1 Å². The number of piperidine rings is 1. The Hall–Kier alpha value is -2.84. The molecule has 160 valence electrons. The molecule has 0 aliphatic carbocycles. The molecule has 1 aliphatic rings. The number of ketones is 1. The summed E-state index contributed by atoms with van der Waals surface area (Å²) in [6, 6.07) is 13.3. The van der Waals surface area contributed by atoms with E-state index in [-0.39, 0.29) is 31.5 Å². The molecule has 1 heterocycles. The second-order valence-corrected chi connectivity index (χ2v) is 7.50. The number of carbonyl (C=O) groups is 1. The summed E-state index contributed by atoms with van der Waals surface area (Å²) >= 11 is 0. The second-order valence-electron chi connectivity index (χ2n) is 7.50. The molecule has 1 N–H and O–H groups in total. The summed E-state index contributed by atoms with van der Waals surface area (Å²) in [7, 11) is 1.56. The van der Waals surface area contributed by atoms with Crippen LogP contribution in [-0.2, 0) is 5.60 Å². The highest BCUT2D eigenvalue weighted by molar-refractivity contribution is 5.99. The normalized spacial score (nSPS) is 18.4. The Morgan fingerprint density at radius 3 is 2.33 bits per heavy atom. The number of aliphatic hydroxyl groups is 1. The van der Waals surface area contributed by atoms with Crippen molar-refractivity contribution in [1.29, 1.82) is 0 Å². The number of carbonyl (C=O) groups excluding carboxylic acids is 1. The molecule has 7 nitrogen and oxygen atoms in total. The summed E-state index contributed by atoms with van der Waals surface area (Å²) in [5, 5.41) is 22.4. The number of Topliss-reactive ketones (excluding diaryl/α,β-unsaturated/α-hetero) is 1. The average molecular weight is 416 g/mol. The largest absolute Gasteiger partial charge is 0.497 e. The topological polar surface area (TPSA) is 92.9 Å². The van der Waals surface area contributed by atoms with Crippen LogP contribution in [0.2, 0.25) is 0 Å². The van der Waals surface area contributed by atoms with Gasteiger partial charge >= 0.3 is 0 Å². The fourth-order valence-electron chi connectivity index (χ4n) is 3.78. The van der Waals surface area contributed by atoms with Gasteiger partial charge in [-0.1, -0.05) is 42.5 Å². The van der Waals surface area contributed by atoms with Crippen molar-refractivity contribution in [3.63, 3.8) is 0 Å². The number of ether oxygens (including phenoxy) is 1. The molecule has 8 heteroatoms. The lowest BCUT2D eigenvalue weighted by molar-refractivity contribution is -0.508. The molecular weight excluding hydrogens is 391 g/mol. The van der Waals surface area contributed by atoms with Gasteiger partial charge in [0, 0.05) is 23.6 Å². The Morgan fingerprint density at radius 2 is 1.80 bits per heavy atom. The molecule has 1 saturated heterocycles. The number of alkyl halides is 1. The van der Waals surface area contributed by atoms with E-state index in [1.54, 1.807) is 49.6 Å². The molecule has 2 unspecified atom stereocenters. The standard InChI is InChI=1S/C22H25FN2O5/c1-30-18-9-7-17(8-10-18)22(27)11-13-24(14-12-22)20(23)15-19(25(28)29)21(26)16-5-3-2-4-6-16/h2-10,19-20,27H,11-15H2,1H3. The highest BCUT2D eigenvalue weighted by Crippen LogP contribution is 2.35. The van der Waals surface area contributed by atoms with Crippen molar-refractivity contribution in [3.8, 4) is 5.75 Å². The zero-order chi connectivity index (χ0) is 21.7. The number of hydrogen-bond donors (Lipinski definition) is 1. The van der Waals surface area contributed by atoms with Crippen LogP contribution >= 0.6 is 0 Å². The molecule has 0 bridgehead atoms. The number of halogens is 1. The van der Waals surface area contributed by atoms with Crippen molar-refractivity contribution < 1.29 is 24.0 Å². The predicted octanol–water partition coefficient (Wildman–Crippen LogP) is 3.19. The van der Waals surface area contributed by atoms with Gasteiger partial charge < -0.3 is 9.84 Å². The molecule has 2 aromatic rings. The SMILES string of the molecule is COc1ccc(C2(O)CCN(C(F)CC(C(=O)c3ccccc3)[N+](=O)[O-])CC2)cc1. The molecule has 30 heavy (non-hydrogen) atoms. The van der Waals surface area contributed by atoms with E-state index in [9.17, 15) is 24.4 Å². The monoisotopic (exact) mass is 416 g/mol. The summed E-state index contributed by atoms with van der Waals surface area (Å²) in [4.78, 5) is 24.6. The van der Waals surface area contributed by atoms with Crippen LogP contribution in [0.1, 0.15) is 35.2 Å². The lowest BCUT2D eigenvalue weighted by Gasteiger charge is -2.39. The Morgan fingerprint density at radius 1 is 1.20 bits per heavy atom. The maximum atomic E-state index is 14.9. The van der Waals surface area contributed by atoms with Crippen LogP contribution in [0.4, 0.5) is 4.39 Å². The zero-order valence-electron chi connectivity index (χ0n) is 16.7. The summed E-state index contributed by atoms with van der Waals surface area (Å²) in [5.74, 6) is -0.0208. The third kappa shape index (κ3) is 4.83. The zero-order valence-corrected chi connectivity index (χ0v) is 16.7. The number of hydrogen-bond acceptors (Lipinski definition) is 6. The van der Waals surface area contributed by atoms with Crippen LogP contribution in [0, 0.1) is 10.1 Å². The molecule has 1 fully saturated rings. The molecule has 0 radical (unpaired) electrons. The van der Waals surface area contributed by atoms with Crippen LogP contribution < -0.4 is 4.74 Å². The highest BCUT2D eigenvalue weighted by atomic mass is 19.1. The van der Waals surface area contributed by atoms with Gasteiger partial charge in [-0.2, -0.15) is 0 Å². The first-order chi connectivity index (χ1) is 14.3. The first-order valence-corrected chi connectivity index (χ1v) is 9.82. The summed E-state index contributed by atoms with van der Waals surface area (Å²) in [6.45, 7) is 0.460. The van der Waals surface area contributed by atoms with E-state index >= 15 is 0 Å². The fourth-order valence-corrected chi connectivity index (χ4v) is 3.78. The molecule has 1 aliphatic heterocycles. The Kier molecular flexibility index (Phi) is 6.79. The van der Waals surface area contributed by atoms with Crippen molar-refractivity contribution >= 4 is 5.78 Å². The van der Waals surface area contributed by atoms with E-state index in [4.69, 9.17) is 4.74 Å². The van der Waals surface area contributed by atoms with E-state index in [2.05, 4.69) is 0 Å². The van der Waals surface area contributed by atoms with E-state index in [1.807, 2.05) is 0 Å². The predicted molar refractivity (Wildman–Crippen MR) is 109 cm³/mol. The van der Waals surface area contributed by atoms with Gasteiger partial charge in [0.15, 0.2) is 6.30 Å². The molecule has 3 rings (SSSR count). The molecule has 0 amide bonds. The number of nitro groups is 1. The Labute approximate surface area is 174 Å². The minimum Gasteiger partial charge on any atom is -0.497 e. The first kappa shape index (κ1) is 21.9. The molecule has 0 saturated carbocycles. The molecule has 2 atom stereocenters.